The molecule has 1 heterocycles. The van der Waals surface area contributed by atoms with Crippen molar-refractivity contribution in [2.45, 2.75) is 31.7 Å². The van der Waals surface area contributed by atoms with Gasteiger partial charge in [-0.15, -0.1) is 0 Å². The first-order chi connectivity index (χ1) is 9.92. The van der Waals surface area contributed by atoms with E-state index in [9.17, 15) is 0 Å². The maximum atomic E-state index is 3.76. The van der Waals surface area contributed by atoms with Crippen molar-refractivity contribution < 1.29 is 0 Å². The number of rotatable bonds is 5. The van der Waals surface area contributed by atoms with Crippen LogP contribution in [-0.2, 0) is 6.42 Å². The summed E-state index contributed by atoms with van der Waals surface area (Å²) in [6.07, 6.45) is 10.0. The van der Waals surface area contributed by atoms with E-state index in [-0.39, 0.29) is 0 Å². The number of para-hydroxylation sites is 1. The van der Waals surface area contributed by atoms with Crippen molar-refractivity contribution in [1.29, 1.82) is 0 Å². The van der Waals surface area contributed by atoms with Gasteiger partial charge in [-0.2, -0.15) is 0 Å². The number of benzene rings is 1. The van der Waals surface area contributed by atoms with Crippen molar-refractivity contribution in [2.75, 3.05) is 24.5 Å². The number of allylic oxidation sites excluding steroid dienone is 1. The van der Waals surface area contributed by atoms with E-state index in [1.54, 1.807) is 0 Å². The minimum atomic E-state index is 0.768. The Bertz CT molecular complexity index is 508. The monoisotopic (exact) mass is 268 g/mol. The number of hydrogen-bond donors (Lipinski definition) is 1. The van der Waals surface area contributed by atoms with Crippen LogP contribution in [0, 0.1) is 11.8 Å². The summed E-state index contributed by atoms with van der Waals surface area (Å²) in [6.45, 7) is 3.57. The fourth-order valence-electron chi connectivity index (χ4n) is 4.14. The van der Waals surface area contributed by atoms with Crippen molar-refractivity contribution in [3.05, 3.63) is 42.0 Å². The van der Waals surface area contributed by atoms with Crippen LogP contribution in [0.2, 0.25) is 0 Å². The Morgan fingerprint density at radius 1 is 1.25 bits per heavy atom. The second-order valence-electron chi connectivity index (χ2n) is 6.52. The van der Waals surface area contributed by atoms with Gasteiger partial charge >= 0.3 is 0 Å². The third-order valence-corrected chi connectivity index (χ3v) is 5.36. The average Bonchev–Trinajstić information content (AvgIpc) is 3.03. The minimum absolute atomic E-state index is 0.768. The van der Waals surface area contributed by atoms with Gasteiger partial charge in [0.05, 0.1) is 0 Å². The summed E-state index contributed by atoms with van der Waals surface area (Å²) in [4.78, 5) is 2.55. The highest BCUT2D eigenvalue weighted by atomic mass is 15.1. The third kappa shape index (κ3) is 2.16. The zero-order valence-electron chi connectivity index (χ0n) is 12.1. The first-order valence-corrected chi connectivity index (χ1v) is 8.15. The molecule has 0 amide bonds. The summed E-state index contributed by atoms with van der Waals surface area (Å²) in [5, 5.41) is 3.76. The maximum absolute atomic E-state index is 3.76. The number of nitrogens with one attached hydrogen (secondary N) is 1. The van der Waals surface area contributed by atoms with Crippen LogP contribution < -0.4 is 10.2 Å². The van der Waals surface area contributed by atoms with Crippen LogP contribution in [0.1, 0.15) is 24.8 Å². The Kier molecular flexibility index (Phi) is 3.27. The first-order valence-electron chi connectivity index (χ1n) is 8.15. The summed E-state index contributed by atoms with van der Waals surface area (Å²) in [6, 6.07) is 9.64. The smallest absolute Gasteiger partial charge is 0.0399 e. The summed E-state index contributed by atoms with van der Waals surface area (Å²) in [5.74, 6) is 1.82. The van der Waals surface area contributed by atoms with Gasteiger partial charge in [0, 0.05) is 24.8 Å². The van der Waals surface area contributed by atoms with Gasteiger partial charge in [0.15, 0.2) is 0 Å². The van der Waals surface area contributed by atoms with Gasteiger partial charge in [0.25, 0.3) is 0 Å². The lowest BCUT2D eigenvalue weighted by Gasteiger charge is -2.41. The lowest BCUT2D eigenvalue weighted by molar-refractivity contribution is 0.164. The molecule has 0 aromatic heterocycles. The van der Waals surface area contributed by atoms with Crippen LogP contribution in [0.25, 0.3) is 0 Å². The summed E-state index contributed by atoms with van der Waals surface area (Å²) in [7, 11) is 0. The van der Waals surface area contributed by atoms with Crippen molar-refractivity contribution in [2.24, 2.45) is 11.8 Å². The second-order valence-corrected chi connectivity index (χ2v) is 6.52. The topological polar surface area (TPSA) is 15.3 Å². The largest absolute Gasteiger partial charge is 0.371 e. The van der Waals surface area contributed by atoms with Gasteiger partial charge in [-0.3, -0.25) is 0 Å². The van der Waals surface area contributed by atoms with E-state index in [4.69, 9.17) is 0 Å². The molecule has 106 valence electrons. The Morgan fingerprint density at radius 2 is 2.20 bits per heavy atom. The van der Waals surface area contributed by atoms with E-state index in [0.717, 1.165) is 17.9 Å². The zero-order chi connectivity index (χ0) is 13.4. The number of hydrogen-bond acceptors (Lipinski definition) is 2. The molecule has 2 aliphatic carbocycles. The van der Waals surface area contributed by atoms with E-state index < -0.39 is 0 Å². The van der Waals surface area contributed by atoms with Crippen LogP contribution in [0.5, 0.6) is 0 Å². The molecule has 1 N–H and O–H groups in total. The van der Waals surface area contributed by atoms with Crippen LogP contribution in [-0.4, -0.2) is 25.7 Å². The van der Waals surface area contributed by atoms with Crippen LogP contribution >= 0.6 is 0 Å². The molecule has 1 aromatic carbocycles. The second kappa shape index (κ2) is 5.25. The van der Waals surface area contributed by atoms with E-state index in [2.05, 4.69) is 46.6 Å². The van der Waals surface area contributed by atoms with Crippen LogP contribution in [0.15, 0.2) is 36.4 Å². The van der Waals surface area contributed by atoms with Gasteiger partial charge in [0.1, 0.15) is 0 Å². The highest BCUT2D eigenvalue weighted by Crippen LogP contribution is 2.42. The molecule has 0 bridgehead atoms. The third-order valence-electron chi connectivity index (χ3n) is 5.36. The molecule has 1 aliphatic heterocycles. The molecule has 2 heteroatoms. The van der Waals surface area contributed by atoms with Gasteiger partial charge in [-0.05, 0) is 55.7 Å². The van der Waals surface area contributed by atoms with Crippen molar-refractivity contribution >= 4 is 5.69 Å². The summed E-state index contributed by atoms with van der Waals surface area (Å²) in [5.41, 5.74) is 2.99. The van der Waals surface area contributed by atoms with Crippen molar-refractivity contribution in [3.63, 3.8) is 0 Å². The van der Waals surface area contributed by atoms with Gasteiger partial charge in [0.2, 0.25) is 0 Å². The molecule has 20 heavy (non-hydrogen) atoms. The molecule has 1 saturated carbocycles. The van der Waals surface area contributed by atoms with Crippen molar-refractivity contribution in [1.82, 2.24) is 5.32 Å². The van der Waals surface area contributed by atoms with Gasteiger partial charge in [-0.1, -0.05) is 30.4 Å². The fourth-order valence-corrected chi connectivity index (χ4v) is 4.14. The predicted octanol–water partition coefficient (Wildman–Crippen LogP) is 2.99. The molecular formula is C18H24N2. The molecule has 3 atom stereocenters. The Balaban J connectivity index is 1.21. The predicted molar refractivity (Wildman–Crippen MR) is 84.1 cm³/mol. The summed E-state index contributed by atoms with van der Waals surface area (Å²) >= 11 is 0. The maximum Gasteiger partial charge on any atom is 0.0399 e. The Labute approximate surface area is 121 Å². The zero-order valence-corrected chi connectivity index (χ0v) is 12.1. The summed E-state index contributed by atoms with van der Waals surface area (Å²) < 4.78 is 0. The minimum Gasteiger partial charge on any atom is -0.371 e. The van der Waals surface area contributed by atoms with Crippen LogP contribution in [0.4, 0.5) is 5.69 Å². The number of fused-ring (bicyclic) bond motifs is 2. The normalized spacial score (nSPS) is 30.2. The molecule has 1 aromatic rings. The Morgan fingerprint density at radius 3 is 3.15 bits per heavy atom. The SMILES string of the molecule is C1=CC2C(C1)CC2NCCCN1CCc2ccccc21. The Hall–Kier alpha value is -1.28. The molecule has 0 radical (unpaired) electrons. The quantitative estimate of drug-likeness (QED) is 0.652. The molecule has 0 spiro atoms. The lowest BCUT2D eigenvalue weighted by atomic mass is 9.71. The first kappa shape index (κ1) is 12.5. The molecule has 3 unspecified atom stereocenters. The molecule has 3 aliphatic rings. The molecule has 2 nitrogen and oxygen atoms in total. The molecule has 4 rings (SSSR count). The lowest BCUT2D eigenvalue weighted by Crippen LogP contribution is -2.48. The van der Waals surface area contributed by atoms with Gasteiger partial charge in [-0.25, -0.2) is 0 Å². The highest BCUT2D eigenvalue weighted by molar-refractivity contribution is 5.57. The fraction of sp³-hybridized carbons (Fsp3) is 0.556. The van der Waals surface area contributed by atoms with Crippen molar-refractivity contribution in [3.8, 4) is 0 Å². The van der Waals surface area contributed by atoms with E-state index >= 15 is 0 Å². The van der Waals surface area contributed by atoms with Crippen LogP contribution in [0.3, 0.4) is 0 Å². The standard InChI is InChI=1S/C18H24N2/c1-2-8-18-14(5-1)9-12-20(18)11-4-10-19-17-13-15-6-3-7-16(15)17/h1-3,5,7-8,15-17,19H,4,6,9-13H2. The molecule has 0 saturated heterocycles. The average molecular weight is 268 g/mol. The number of anilines is 1. The van der Waals surface area contributed by atoms with E-state index in [0.29, 0.717) is 0 Å². The number of nitrogens with zero attached hydrogens (tertiary/aromatic N) is 1. The molecule has 1 fully saturated rings. The molecular weight excluding hydrogens is 244 g/mol. The highest BCUT2D eigenvalue weighted by Gasteiger charge is 2.40. The van der Waals surface area contributed by atoms with E-state index in [1.807, 2.05) is 0 Å². The van der Waals surface area contributed by atoms with E-state index in [1.165, 1.54) is 56.6 Å². The van der Waals surface area contributed by atoms with Gasteiger partial charge < -0.3 is 10.2 Å².